The van der Waals surface area contributed by atoms with Crippen LogP contribution in [0.25, 0.3) is 32.4 Å². The van der Waals surface area contributed by atoms with Crippen molar-refractivity contribution in [2.24, 2.45) is 0 Å². The van der Waals surface area contributed by atoms with Gasteiger partial charge in [-0.15, -0.1) is 11.3 Å². The smallest absolute Gasteiger partial charge is 0.339 e. The number of aromatic nitrogens is 2. The lowest BCUT2D eigenvalue weighted by Crippen LogP contribution is -2.07. The van der Waals surface area contributed by atoms with E-state index >= 15 is 0 Å². The third-order valence-electron chi connectivity index (χ3n) is 5.28. The van der Waals surface area contributed by atoms with Crippen LogP contribution in [0.2, 0.25) is 0 Å². The molecule has 0 bridgehead atoms. The highest BCUT2D eigenvalue weighted by Crippen LogP contribution is 2.33. The second kappa shape index (κ2) is 8.88. The minimum Gasteiger partial charge on any atom is -0.493 e. The van der Waals surface area contributed by atoms with Crippen molar-refractivity contribution in [3.05, 3.63) is 83.4 Å². The van der Waals surface area contributed by atoms with Crippen molar-refractivity contribution in [3.8, 4) is 22.8 Å². The lowest BCUT2D eigenvalue weighted by Gasteiger charge is -2.12. The van der Waals surface area contributed by atoms with Crippen LogP contribution in [0.1, 0.15) is 15.4 Å². The number of hydrogen-bond acceptors (Lipinski definition) is 7. The van der Waals surface area contributed by atoms with Gasteiger partial charge in [-0.2, -0.15) is 0 Å². The zero-order valence-electron chi connectivity index (χ0n) is 18.1. The van der Waals surface area contributed by atoms with E-state index < -0.39 is 5.97 Å². The van der Waals surface area contributed by atoms with Gasteiger partial charge in [0.05, 0.1) is 41.2 Å². The Kier molecular flexibility index (Phi) is 5.62. The molecule has 0 aliphatic carbocycles. The standard InChI is InChI=1S/C26H20N2O4S/c1-30-22-12-11-16(13-23(22)31-2)21-14-18(17-7-3-4-8-19(17)27-21)26(29)32-15-25-28-20-9-5-6-10-24(20)33-25/h3-14H,15H2,1-2H3. The van der Waals surface area contributed by atoms with Crippen molar-refractivity contribution < 1.29 is 19.0 Å². The molecule has 0 unspecified atom stereocenters. The summed E-state index contributed by atoms with van der Waals surface area (Å²) >= 11 is 1.52. The molecule has 0 saturated carbocycles. The predicted molar refractivity (Wildman–Crippen MR) is 129 cm³/mol. The number of esters is 1. The van der Waals surface area contributed by atoms with E-state index in [1.165, 1.54) is 11.3 Å². The average Bonchev–Trinajstić information content (AvgIpc) is 3.29. The van der Waals surface area contributed by atoms with Crippen molar-refractivity contribution in [3.63, 3.8) is 0 Å². The van der Waals surface area contributed by atoms with Gasteiger partial charge in [0.2, 0.25) is 0 Å². The molecular weight excluding hydrogens is 436 g/mol. The summed E-state index contributed by atoms with van der Waals surface area (Å²) in [5.41, 5.74) is 3.50. The minimum absolute atomic E-state index is 0.112. The number of rotatable bonds is 6. The van der Waals surface area contributed by atoms with Crippen molar-refractivity contribution in [1.29, 1.82) is 0 Å². The first kappa shape index (κ1) is 20.9. The molecule has 6 nitrogen and oxygen atoms in total. The molecule has 0 aliphatic rings. The molecule has 0 atom stereocenters. The van der Waals surface area contributed by atoms with Gasteiger partial charge in [0.15, 0.2) is 11.5 Å². The zero-order valence-corrected chi connectivity index (χ0v) is 18.9. The number of carbonyl (C=O) groups is 1. The van der Waals surface area contributed by atoms with Gasteiger partial charge in [-0.1, -0.05) is 30.3 Å². The second-order valence-corrected chi connectivity index (χ2v) is 8.41. The quantitative estimate of drug-likeness (QED) is 0.297. The van der Waals surface area contributed by atoms with E-state index in [4.69, 9.17) is 19.2 Å². The van der Waals surface area contributed by atoms with E-state index in [1.54, 1.807) is 20.3 Å². The number of fused-ring (bicyclic) bond motifs is 2. The fraction of sp³-hybridized carbons (Fsp3) is 0.115. The summed E-state index contributed by atoms with van der Waals surface area (Å²) in [7, 11) is 3.17. The fourth-order valence-electron chi connectivity index (χ4n) is 3.67. The van der Waals surface area contributed by atoms with E-state index in [2.05, 4.69) is 4.98 Å². The first-order chi connectivity index (χ1) is 16.2. The van der Waals surface area contributed by atoms with Crippen molar-refractivity contribution in [1.82, 2.24) is 9.97 Å². The van der Waals surface area contributed by atoms with Crippen LogP contribution in [0.4, 0.5) is 0 Å². The van der Waals surface area contributed by atoms with Crippen LogP contribution in [0.5, 0.6) is 11.5 Å². The molecule has 5 rings (SSSR count). The van der Waals surface area contributed by atoms with Gasteiger partial charge in [-0.25, -0.2) is 14.8 Å². The molecular formula is C26H20N2O4S. The van der Waals surface area contributed by atoms with Crippen LogP contribution in [0.15, 0.2) is 72.8 Å². The van der Waals surface area contributed by atoms with Crippen LogP contribution < -0.4 is 9.47 Å². The number of hydrogen-bond donors (Lipinski definition) is 0. The lowest BCUT2D eigenvalue weighted by atomic mass is 10.0. The van der Waals surface area contributed by atoms with Crippen LogP contribution in [-0.4, -0.2) is 30.2 Å². The van der Waals surface area contributed by atoms with E-state index in [0.717, 1.165) is 26.2 Å². The highest BCUT2D eigenvalue weighted by molar-refractivity contribution is 7.18. The second-order valence-electron chi connectivity index (χ2n) is 7.29. The molecule has 0 aliphatic heterocycles. The van der Waals surface area contributed by atoms with Gasteiger partial charge in [0.25, 0.3) is 0 Å². The van der Waals surface area contributed by atoms with Gasteiger partial charge in [0, 0.05) is 10.9 Å². The van der Waals surface area contributed by atoms with E-state index in [-0.39, 0.29) is 6.61 Å². The first-order valence-electron chi connectivity index (χ1n) is 10.3. The van der Waals surface area contributed by atoms with Gasteiger partial charge in [-0.3, -0.25) is 0 Å². The van der Waals surface area contributed by atoms with Crippen LogP contribution >= 0.6 is 11.3 Å². The molecule has 7 heteroatoms. The number of pyridine rings is 1. The molecule has 0 spiro atoms. The largest absolute Gasteiger partial charge is 0.493 e. The van der Waals surface area contributed by atoms with Crippen LogP contribution in [-0.2, 0) is 11.3 Å². The molecule has 33 heavy (non-hydrogen) atoms. The molecule has 0 radical (unpaired) electrons. The van der Waals surface area contributed by atoms with Crippen molar-refractivity contribution in [2.75, 3.05) is 14.2 Å². The SMILES string of the molecule is COc1ccc(-c2cc(C(=O)OCc3nc4ccccc4s3)c3ccccc3n2)cc1OC. The molecule has 2 aromatic heterocycles. The number of thiazole rings is 1. The molecule has 164 valence electrons. The summed E-state index contributed by atoms with van der Waals surface area (Å²) in [6, 6.07) is 22.7. The maximum atomic E-state index is 13.1. The maximum absolute atomic E-state index is 13.1. The third kappa shape index (κ3) is 4.10. The van der Waals surface area contributed by atoms with E-state index in [0.29, 0.717) is 28.3 Å². The summed E-state index contributed by atoms with van der Waals surface area (Å²) in [4.78, 5) is 22.4. The summed E-state index contributed by atoms with van der Waals surface area (Å²) in [5, 5.41) is 1.49. The fourth-order valence-corrected chi connectivity index (χ4v) is 4.55. The Morgan fingerprint density at radius 3 is 2.39 bits per heavy atom. The molecule has 5 aromatic rings. The van der Waals surface area contributed by atoms with E-state index in [9.17, 15) is 4.79 Å². The molecule has 2 heterocycles. The number of carbonyl (C=O) groups excluding carboxylic acids is 1. The van der Waals surface area contributed by atoms with Crippen molar-refractivity contribution >= 4 is 38.4 Å². The molecule has 0 saturated heterocycles. The Bertz CT molecular complexity index is 1450. The van der Waals surface area contributed by atoms with E-state index in [1.807, 2.05) is 66.7 Å². The number of methoxy groups -OCH3 is 2. The summed E-state index contributed by atoms with van der Waals surface area (Å²) in [6.45, 7) is 0.112. The highest BCUT2D eigenvalue weighted by Gasteiger charge is 2.17. The van der Waals surface area contributed by atoms with Gasteiger partial charge < -0.3 is 14.2 Å². The first-order valence-corrected chi connectivity index (χ1v) is 11.1. The topological polar surface area (TPSA) is 70.5 Å². The normalized spacial score (nSPS) is 11.0. The Morgan fingerprint density at radius 2 is 1.61 bits per heavy atom. The highest BCUT2D eigenvalue weighted by atomic mass is 32.1. The molecule has 0 fully saturated rings. The Hall–Kier alpha value is -3.97. The average molecular weight is 457 g/mol. The third-order valence-corrected chi connectivity index (χ3v) is 6.29. The predicted octanol–water partition coefficient (Wildman–Crippen LogP) is 5.89. The monoisotopic (exact) mass is 456 g/mol. The molecule has 0 N–H and O–H groups in total. The Labute approximate surface area is 194 Å². The zero-order chi connectivity index (χ0) is 22.8. The summed E-state index contributed by atoms with van der Waals surface area (Å²) in [5.74, 6) is 0.789. The number of nitrogens with zero attached hydrogens (tertiary/aromatic N) is 2. The maximum Gasteiger partial charge on any atom is 0.339 e. The molecule has 3 aromatic carbocycles. The summed E-state index contributed by atoms with van der Waals surface area (Å²) in [6.07, 6.45) is 0. The summed E-state index contributed by atoms with van der Waals surface area (Å²) < 4.78 is 17.5. The number of para-hydroxylation sites is 2. The number of ether oxygens (including phenoxy) is 3. The van der Waals surface area contributed by atoms with Gasteiger partial charge >= 0.3 is 5.97 Å². The van der Waals surface area contributed by atoms with Crippen molar-refractivity contribution in [2.45, 2.75) is 6.61 Å². The Balaban J connectivity index is 1.49. The van der Waals surface area contributed by atoms with Gasteiger partial charge in [-0.05, 0) is 42.5 Å². The Morgan fingerprint density at radius 1 is 0.848 bits per heavy atom. The van der Waals surface area contributed by atoms with Gasteiger partial charge in [0.1, 0.15) is 11.6 Å². The minimum atomic E-state index is -0.422. The van der Waals surface area contributed by atoms with Crippen LogP contribution in [0.3, 0.4) is 0 Å². The lowest BCUT2D eigenvalue weighted by molar-refractivity contribution is 0.0475. The van der Waals surface area contributed by atoms with Crippen LogP contribution in [0, 0.1) is 0 Å². The number of benzene rings is 3. The molecule has 0 amide bonds.